The fourth-order valence-corrected chi connectivity index (χ4v) is 8.14. The van der Waals surface area contributed by atoms with E-state index in [0.717, 1.165) is 82.8 Å². The van der Waals surface area contributed by atoms with Gasteiger partial charge < -0.3 is 4.42 Å². The maximum atomic E-state index is 6.47. The topological polar surface area (TPSA) is 51.8 Å². The Kier molecular flexibility index (Phi) is 7.78. The molecule has 57 heavy (non-hydrogen) atoms. The third kappa shape index (κ3) is 5.83. The largest absolute Gasteiger partial charge is 0.456 e. The lowest BCUT2D eigenvalue weighted by Crippen LogP contribution is -2.01. The van der Waals surface area contributed by atoms with Crippen LogP contribution in [0.25, 0.3) is 111 Å². The minimum absolute atomic E-state index is 0.584. The maximum Gasteiger partial charge on any atom is 0.164 e. The average Bonchev–Trinajstić information content (AvgIpc) is 3.67. The van der Waals surface area contributed by atoms with Crippen LogP contribution in [0, 0.1) is 0 Å². The molecule has 0 spiro atoms. The van der Waals surface area contributed by atoms with Crippen LogP contribution >= 0.6 is 0 Å². The van der Waals surface area contributed by atoms with Gasteiger partial charge in [-0.3, -0.25) is 0 Å². The molecule has 0 saturated carbocycles. The van der Waals surface area contributed by atoms with Crippen LogP contribution in [0.5, 0.6) is 0 Å². The Morgan fingerprint density at radius 2 is 0.895 bits per heavy atom. The highest BCUT2D eigenvalue weighted by Gasteiger charge is 2.20. The molecule has 2 heterocycles. The van der Waals surface area contributed by atoms with Gasteiger partial charge in [0.05, 0.1) is 0 Å². The van der Waals surface area contributed by atoms with Gasteiger partial charge in [-0.05, 0) is 85.3 Å². The lowest BCUT2D eigenvalue weighted by molar-refractivity contribution is 0.669. The summed E-state index contributed by atoms with van der Waals surface area (Å²) in [4.78, 5) is 15.8. The smallest absolute Gasteiger partial charge is 0.164 e. The number of benzene rings is 9. The van der Waals surface area contributed by atoms with Crippen molar-refractivity contribution in [3.8, 4) is 67.5 Å². The normalized spacial score (nSPS) is 11.5. The second kappa shape index (κ2) is 13.6. The minimum Gasteiger partial charge on any atom is -0.456 e. The molecule has 0 radical (unpaired) electrons. The van der Waals surface area contributed by atoms with Crippen LogP contribution < -0.4 is 0 Å². The molecule has 11 aromatic rings. The van der Waals surface area contributed by atoms with E-state index in [1.807, 2.05) is 18.2 Å². The quantitative estimate of drug-likeness (QED) is 0.171. The Bertz CT molecular complexity index is 3290. The van der Waals surface area contributed by atoms with Crippen molar-refractivity contribution >= 4 is 43.5 Å². The van der Waals surface area contributed by atoms with Crippen molar-refractivity contribution in [3.05, 3.63) is 200 Å². The molecule has 0 aliphatic heterocycles. The third-order valence-corrected chi connectivity index (χ3v) is 10.9. The molecular formula is C53H33N3O. The standard InChI is InChI=1S/C53H33N3O/c1-3-13-34(14-4-1)39-28-30-48-47(32-39)50-45(23-12-24-49(50)57-48)53-55-51(40-26-25-35-15-7-8-19-38(35)31-40)54-52(56-53)41-27-29-43(36-16-5-2-6-17-36)46(33-41)44-22-11-20-37-18-9-10-21-42(37)44/h1-33H. The number of aromatic nitrogens is 3. The summed E-state index contributed by atoms with van der Waals surface area (Å²) in [5.74, 6) is 1.79. The third-order valence-electron chi connectivity index (χ3n) is 10.9. The molecule has 0 aliphatic rings. The molecule has 0 aliphatic carbocycles. The van der Waals surface area contributed by atoms with Crippen molar-refractivity contribution < 1.29 is 4.42 Å². The van der Waals surface area contributed by atoms with E-state index < -0.39 is 0 Å². The summed E-state index contributed by atoms with van der Waals surface area (Å²) in [7, 11) is 0. The summed E-state index contributed by atoms with van der Waals surface area (Å²) in [6, 6.07) is 70.0. The van der Waals surface area contributed by atoms with Gasteiger partial charge in [-0.25, -0.2) is 15.0 Å². The van der Waals surface area contributed by atoms with Crippen molar-refractivity contribution in [2.24, 2.45) is 0 Å². The Hall–Kier alpha value is -7.69. The average molecular weight is 728 g/mol. The van der Waals surface area contributed by atoms with Crippen molar-refractivity contribution in [3.63, 3.8) is 0 Å². The van der Waals surface area contributed by atoms with Gasteiger partial charge in [0, 0.05) is 27.5 Å². The number of nitrogens with zero attached hydrogens (tertiary/aromatic N) is 3. The SMILES string of the molecule is c1ccc(-c2ccc3oc4cccc(-c5nc(-c6ccc(-c7ccccc7)c(-c7cccc8ccccc78)c6)nc(-c6ccc7ccccc7c6)n5)c4c3c2)cc1. The first-order valence-corrected chi connectivity index (χ1v) is 19.2. The summed E-state index contributed by atoms with van der Waals surface area (Å²) >= 11 is 0. The molecular weight excluding hydrogens is 695 g/mol. The van der Waals surface area contributed by atoms with E-state index in [1.54, 1.807) is 0 Å². The van der Waals surface area contributed by atoms with Crippen molar-refractivity contribution in [2.75, 3.05) is 0 Å². The van der Waals surface area contributed by atoms with Crippen LogP contribution in [0.15, 0.2) is 205 Å². The van der Waals surface area contributed by atoms with Gasteiger partial charge in [-0.2, -0.15) is 0 Å². The van der Waals surface area contributed by atoms with Crippen LogP contribution in [-0.4, -0.2) is 15.0 Å². The first-order valence-electron chi connectivity index (χ1n) is 19.2. The molecule has 0 unspecified atom stereocenters. The summed E-state index contributed by atoms with van der Waals surface area (Å²) in [6.45, 7) is 0. The first-order chi connectivity index (χ1) is 28.2. The van der Waals surface area contributed by atoms with Gasteiger partial charge in [0.1, 0.15) is 11.2 Å². The fraction of sp³-hybridized carbons (Fsp3) is 0. The van der Waals surface area contributed by atoms with Crippen LogP contribution in [0.1, 0.15) is 0 Å². The van der Waals surface area contributed by atoms with Gasteiger partial charge >= 0.3 is 0 Å². The Morgan fingerprint density at radius 1 is 0.281 bits per heavy atom. The van der Waals surface area contributed by atoms with E-state index in [9.17, 15) is 0 Å². The Balaban J connectivity index is 1.16. The molecule has 2 aromatic heterocycles. The number of hydrogen-bond donors (Lipinski definition) is 0. The predicted octanol–water partition coefficient (Wildman–Crippen LogP) is 14.1. The minimum atomic E-state index is 0.584. The zero-order chi connectivity index (χ0) is 37.7. The number of rotatable bonds is 6. The molecule has 0 N–H and O–H groups in total. The van der Waals surface area contributed by atoms with Gasteiger partial charge in [-0.1, -0.05) is 170 Å². The van der Waals surface area contributed by atoms with E-state index in [2.05, 4.69) is 182 Å². The van der Waals surface area contributed by atoms with E-state index in [4.69, 9.17) is 19.4 Å². The van der Waals surface area contributed by atoms with Crippen molar-refractivity contribution in [2.45, 2.75) is 0 Å². The van der Waals surface area contributed by atoms with Gasteiger partial charge in [-0.15, -0.1) is 0 Å². The highest BCUT2D eigenvalue weighted by Crippen LogP contribution is 2.41. The molecule has 4 nitrogen and oxygen atoms in total. The summed E-state index contributed by atoms with van der Waals surface area (Å²) in [6.07, 6.45) is 0. The monoisotopic (exact) mass is 727 g/mol. The number of fused-ring (bicyclic) bond motifs is 5. The first kappa shape index (κ1) is 32.7. The second-order valence-electron chi connectivity index (χ2n) is 14.4. The molecule has 4 heteroatoms. The summed E-state index contributed by atoms with van der Waals surface area (Å²) in [5.41, 5.74) is 11.1. The summed E-state index contributed by atoms with van der Waals surface area (Å²) in [5, 5.41) is 6.66. The molecule has 0 atom stereocenters. The second-order valence-corrected chi connectivity index (χ2v) is 14.4. The van der Waals surface area contributed by atoms with Crippen LogP contribution in [-0.2, 0) is 0 Å². The molecule has 266 valence electrons. The van der Waals surface area contributed by atoms with Crippen molar-refractivity contribution in [1.82, 2.24) is 15.0 Å². The molecule has 0 saturated heterocycles. The highest BCUT2D eigenvalue weighted by atomic mass is 16.3. The summed E-state index contributed by atoms with van der Waals surface area (Å²) < 4.78 is 6.47. The van der Waals surface area contributed by atoms with Crippen LogP contribution in [0.4, 0.5) is 0 Å². The van der Waals surface area contributed by atoms with Gasteiger partial charge in [0.25, 0.3) is 0 Å². The molecule has 0 fully saturated rings. The maximum absolute atomic E-state index is 6.47. The van der Waals surface area contributed by atoms with Gasteiger partial charge in [0.2, 0.25) is 0 Å². The van der Waals surface area contributed by atoms with E-state index in [0.29, 0.717) is 17.5 Å². The van der Waals surface area contributed by atoms with E-state index >= 15 is 0 Å². The van der Waals surface area contributed by atoms with Crippen LogP contribution in [0.3, 0.4) is 0 Å². The fourth-order valence-electron chi connectivity index (χ4n) is 8.14. The molecule has 0 amide bonds. The van der Waals surface area contributed by atoms with Crippen LogP contribution in [0.2, 0.25) is 0 Å². The lowest BCUT2D eigenvalue weighted by Gasteiger charge is -2.15. The Morgan fingerprint density at radius 3 is 1.72 bits per heavy atom. The lowest BCUT2D eigenvalue weighted by atomic mass is 9.90. The van der Waals surface area contributed by atoms with E-state index in [-0.39, 0.29) is 0 Å². The molecule has 11 rings (SSSR count). The molecule has 0 bridgehead atoms. The van der Waals surface area contributed by atoms with Gasteiger partial charge in [0.15, 0.2) is 17.5 Å². The predicted molar refractivity (Wildman–Crippen MR) is 235 cm³/mol. The zero-order valence-corrected chi connectivity index (χ0v) is 30.8. The van der Waals surface area contributed by atoms with E-state index in [1.165, 1.54) is 10.8 Å². The number of hydrogen-bond acceptors (Lipinski definition) is 4. The van der Waals surface area contributed by atoms with Crippen molar-refractivity contribution in [1.29, 1.82) is 0 Å². The zero-order valence-electron chi connectivity index (χ0n) is 30.8. The Labute approximate surface area is 329 Å². The highest BCUT2D eigenvalue weighted by molar-refractivity contribution is 6.13. The number of furan rings is 1. The molecule has 9 aromatic carbocycles.